The second-order valence-corrected chi connectivity index (χ2v) is 10.5. The maximum atomic E-state index is 2.46. The Hall–Kier alpha value is -4.36. The van der Waals surface area contributed by atoms with Crippen molar-refractivity contribution in [2.24, 2.45) is 5.92 Å². The molecule has 0 saturated heterocycles. The van der Waals surface area contributed by atoms with Crippen LogP contribution in [-0.4, -0.2) is 4.57 Å². The van der Waals surface area contributed by atoms with Crippen LogP contribution in [0.4, 0.5) is 0 Å². The van der Waals surface area contributed by atoms with E-state index >= 15 is 0 Å². The minimum atomic E-state index is 0.481. The predicted octanol–water partition coefficient (Wildman–Crippen LogP) is 9.38. The summed E-state index contributed by atoms with van der Waals surface area (Å²) >= 11 is 0. The second kappa shape index (κ2) is 8.08. The van der Waals surface area contributed by atoms with Crippen LogP contribution >= 0.6 is 0 Å². The van der Waals surface area contributed by atoms with Gasteiger partial charge in [0.05, 0.1) is 11.0 Å². The van der Waals surface area contributed by atoms with Crippen LogP contribution in [0.15, 0.2) is 127 Å². The lowest BCUT2D eigenvalue weighted by Gasteiger charge is -2.33. The number of hydrogen-bond donors (Lipinski definition) is 0. The standard InChI is InChI=1S/C36H27N/c1-3-11-28-24(9-1)19-22-32-33(28)23-26-10-2-4-12-29(26)36(32)25-17-20-27(21-18-25)37-34-15-7-5-13-30(34)31-14-6-8-16-35(31)37/h1-18,20-21,23-24,28H,19,22H2. The number of nitrogens with zero attached hydrogens (tertiary/aromatic N) is 1. The van der Waals surface area contributed by atoms with Gasteiger partial charge < -0.3 is 4.57 Å². The second-order valence-electron chi connectivity index (χ2n) is 10.5. The predicted molar refractivity (Wildman–Crippen MR) is 157 cm³/mol. The molecule has 1 heterocycles. The molecule has 0 fully saturated rings. The van der Waals surface area contributed by atoms with Crippen molar-refractivity contribution in [1.29, 1.82) is 0 Å². The molecule has 2 aliphatic carbocycles. The zero-order chi connectivity index (χ0) is 24.3. The van der Waals surface area contributed by atoms with Gasteiger partial charge in [0, 0.05) is 22.4 Å². The molecule has 2 atom stereocenters. The lowest BCUT2D eigenvalue weighted by atomic mass is 9.70. The molecule has 0 N–H and O–H groups in total. The van der Waals surface area contributed by atoms with Crippen molar-refractivity contribution in [3.63, 3.8) is 0 Å². The number of fused-ring (bicyclic) bond motifs is 7. The van der Waals surface area contributed by atoms with Gasteiger partial charge in [-0.15, -0.1) is 0 Å². The van der Waals surface area contributed by atoms with Gasteiger partial charge in [0.1, 0.15) is 0 Å². The number of benzene rings is 5. The van der Waals surface area contributed by atoms with Crippen molar-refractivity contribution < 1.29 is 0 Å². The van der Waals surface area contributed by atoms with E-state index in [2.05, 4.69) is 132 Å². The molecule has 2 aliphatic rings. The third kappa shape index (κ3) is 3.10. The minimum Gasteiger partial charge on any atom is -0.309 e. The van der Waals surface area contributed by atoms with Crippen molar-refractivity contribution >= 4 is 32.6 Å². The van der Waals surface area contributed by atoms with Crippen LogP contribution < -0.4 is 0 Å². The largest absolute Gasteiger partial charge is 0.309 e. The summed E-state index contributed by atoms with van der Waals surface area (Å²) in [6.07, 6.45) is 11.6. The first kappa shape index (κ1) is 20.8. The molecule has 1 aromatic heterocycles. The molecule has 8 rings (SSSR count). The molecule has 0 saturated carbocycles. The van der Waals surface area contributed by atoms with E-state index < -0.39 is 0 Å². The summed E-state index contributed by atoms with van der Waals surface area (Å²) in [5.74, 6) is 1.10. The Morgan fingerprint density at radius 2 is 1.27 bits per heavy atom. The van der Waals surface area contributed by atoms with Gasteiger partial charge >= 0.3 is 0 Å². The minimum absolute atomic E-state index is 0.481. The Morgan fingerprint density at radius 1 is 0.622 bits per heavy atom. The molecule has 0 bridgehead atoms. The number of hydrogen-bond acceptors (Lipinski definition) is 0. The van der Waals surface area contributed by atoms with Gasteiger partial charge in [-0.25, -0.2) is 0 Å². The Kier molecular flexibility index (Phi) is 4.54. The van der Waals surface area contributed by atoms with Crippen LogP contribution in [0.5, 0.6) is 0 Å². The van der Waals surface area contributed by atoms with E-state index in [9.17, 15) is 0 Å². The highest BCUT2D eigenvalue weighted by Crippen LogP contribution is 2.46. The smallest absolute Gasteiger partial charge is 0.0541 e. The average molecular weight is 474 g/mol. The van der Waals surface area contributed by atoms with E-state index in [1.807, 2.05) is 0 Å². The molecule has 0 aliphatic heterocycles. The Labute approximate surface area is 217 Å². The summed E-state index contributed by atoms with van der Waals surface area (Å²) in [6, 6.07) is 38.1. The number of rotatable bonds is 2. The Morgan fingerprint density at radius 3 is 2.03 bits per heavy atom. The summed E-state index contributed by atoms with van der Waals surface area (Å²) in [7, 11) is 0. The van der Waals surface area contributed by atoms with Crippen molar-refractivity contribution in [2.75, 3.05) is 0 Å². The third-order valence-electron chi connectivity index (χ3n) is 8.52. The Balaban J connectivity index is 1.33. The lowest BCUT2D eigenvalue weighted by molar-refractivity contribution is 0.500. The van der Waals surface area contributed by atoms with Crippen LogP contribution in [0.3, 0.4) is 0 Å². The van der Waals surface area contributed by atoms with Crippen molar-refractivity contribution in [3.8, 4) is 16.8 Å². The van der Waals surface area contributed by atoms with Crippen molar-refractivity contribution in [3.05, 3.63) is 139 Å². The fraction of sp³-hybridized carbons (Fsp3) is 0.111. The average Bonchev–Trinajstić information content (AvgIpc) is 3.30. The summed E-state index contributed by atoms with van der Waals surface area (Å²) in [5.41, 5.74) is 9.48. The summed E-state index contributed by atoms with van der Waals surface area (Å²) < 4.78 is 2.40. The molecule has 5 aromatic carbocycles. The molecule has 176 valence electrons. The van der Waals surface area contributed by atoms with E-state index in [1.165, 1.54) is 66.9 Å². The van der Waals surface area contributed by atoms with Gasteiger partial charge in [-0.3, -0.25) is 0 Å². The molecule has 1 heteroatoms. The Bertz CT molecular complexity index is 1830. The van der Waals surface area contributed by atoms with E-state index in [0.717, 1.165) is 6.42 Å². The number of allylic oxidation sites excluding steroid dienone is 4. The maximum absolute atomic E-state index is 2.46. The van der Waals surface area contributed by atoms with E-state index in [-0.39, 0.29) is 0 Å². The molecule has 2 unspecified atom stereocenters. The molecular formula is C36H27N. The fourth-order valence-electron chi connectivity index (χ4n) is 6.86. The highest BCUT2D eigenvalue weighted by molar-refractivity contribution is 6.09. The quantitative estimate of drug-likeness (QED) is 0.236. The highest BCUT2D eigenvalue weighted by Gasteiger charge is 2.30. The molecule has 1 nitrogen and oxygen atoms in total. The van der Waals surface area contributed by atoms with Crippen LogP contribution in [0.2, 0.25) is 0 Å². The van der Waals surface area contributed by atoms with Crippen LogP contribution in [0.1, 0.15) is 23.5 Å². The SMILES string of the molecule is C1=CC2CCc3c(cc4ccccc4c3-c3ccc(-n4c5ccccc5c5ccccc54)cc3)C2C=C1. The van der Waals surface area contributed by atoms with Crippen molar-refractivity contribution in [2.45, 2.75) is 18.8 Å². The zero-order valence-corrected chi connectivity index (χ0v) is 20.6. The molecule has 0 amide bonds. The lowest BCUT2D eigenvalue weighted by Crippen LogP contribution is -2.20. The van der Waals surface area contributed by atoms with E-state index in [0.29, 0.717) is 11.8 Å². The number of para-hydroxylation sites is 2. The highest BCUT2D eigenvalue weighted by atomic mass is 15.0. The first-order chi connectivity index (χ1) is 18.4. The maximum Gasteiger partial charge on any atom is 0.0541 e. The fourth-order valence-corrected chi connectivity index (χ4v) is 6.86. The first-order valence-corrected chi connectivity index (χ1v) is 13.4. The van der Waals surface area contributed by atoms with Gasteiger partial charge in [0.25, 0.3) is 0 Å². The van der Waals surface area contributed by atoms with E-state index in [1.54, 1.807) is 0 Å². The van der Waals surface area contributed by atoms with E-state index in [4.69, 9.17) is 0 Å². The van der Waals surface area contributed by atoms with Gasteiger partial charge in [0.2, 0.25) is 0 Å². The monoisotopic (exact) mass is 473 g/mol. The van der Waals surface area contributed by atoms with Crippen LogP contribution in [-0.2, 0) is 6.42 Å². The molecule has 0 spiro atoms. The number of aromatic nitrogens is 1. The van der Waals surface area contributed by atoms with Crippen molar-refractivity contribution in [1.82, 2.24) is 4.57 Å². The summed E-state index contributed by atoms with van der Waals surface area (Å²) in [4.78, 5) is 0. The summed E-state index contributed by atoms with van der Waals surface area (Å²) in [5, 5.41) is 5.30. The zero-order valence-electron chi connectivity index (χ0n) is 20.6. The molecule has 0 radical (unpaired) electrons. The summed E-state index contributed by atoms with van der Waals surface area (Å²) in [6.45, 7) is 0. The van der Waals surface area contributed by atoms with Gasteiger partial charge in [-0.2, -0.15) is 0 Å². The van der Waals surface area contributed by atoms with Gasteiger partial charge in [-0.05, 0) is 76.1 Å². The van der Waals surface area contributed by atoms with Gasteiger partial charge in [-0.1, -0.05) is 103 Å². The molecule has 37 heavy (non-hydrogen) atoms. The van der Waals surface area contributed by atoms with Crippen LogP contribution in [0.25, 0.3) is 49.4 Å². The molecule has 6 aromatic rings. The van der Waals surface area contributed by atoms with Gasteiger partial charge in [0.15, 0.2) is 0 Å². The molecular weight excluding hydrogens is 446 g/mol. The third-order valence-corrected chi connectivity index (χ3v) is 8.52. The topological polar surface area (TPSA) is 4.93 Å². The first-order valence-electron chi connectivity index (χ1n) is 13.4. The normalized spacial score (nSPS) is 18.4. The van der Waals surface area contributed by atoms with Crippen LogP contribution in [0, 0.1) is 5.92 Å².